The van der Waals surface area contributed by atoms with Gasteiger partial charge < -0.3 is 14.8 Å². The normalized spacial score (nSPS) is 11.4. The number of nitrogens with one attached hydrogen (secondary N) is 1. The van der Waals surface area contributed by atoms with E-state index in [0.29, 0.717) is 16.9 Å². The Labute approximate surface area is 174 Å². The zero-order chi connectivity index (χ0) is 21.5. The van der Waals surface area contributed by atoms with Crippen LogP contribution in [0, 0.1) is 17.1 Å². The molecule has 0 aromatic heterocycles. The summed E-state index contributed by atoms with van der Waals surface area (Å²) in [5.41, 5.74) is 2.90. The zero-order valence-corrected chi connectivity index (χ0v) is 16.7. The van der Waals surface area contributed by atoms with Crippen LogP contribution >= 0.6 is 0 Å². The van der Waals surface area contributed by atoms with Crippen LogP contribution in [0.25, 0.3) is 11.1 Å². The standard InChI is InChI=1S/C24H21FN2O3/c1-29-22-6-4-3-5-19(22)18-11-12-20(21(25)13-18)23(30-2)24(28)27-15-17-9-7-16(14-26)8-10-17/h3-13,23H,15H2,1-2H3,(H,27,28)/t23-/m0/s1. The summed E-state index contributed by atoms with van der Waals surface area (Å²) in [6, 6.07) is 20.9. The number of nitrogens with zero attached hydrogens (tertiary/aromatic N) is 1. The van der Waals surface area contributed by atoms with E-state index < -0.39 is 17.8 Å². The lowest BCUT2D eigenvalue weighted by atomic mass is 10.00. The number of hydrogen-bond acceptors (Lipinski definition) is 4. The van der Waals surface area contributed by atoms with Gasteiger partial charge in [-0.25, -0.2) is 4.39 Å². The summed E-state index contributed by atoms with van der Waals surface area (Å²) in [7, 11) is 2.92. The highest BCUT2D eigenvalue weighted by atomic mass is 19.1. The van der Waals surface area contributed by atoms with Crippen molar-refractivity contribution < 1.29 is 18.7 Å². The Morgan fingerprint density at radius 3 is 2.47 bits per heavy atom. The summed E-state index contributed by atoms with van der Waals surface area (Å²) >= 11 is 0. The molecule has 0 saturated carbocycles. The number of ether oxygens (including phenoxy) is 2. The van der Waals surface area contributed by atoms with Gasteiger partial charge in [0.05, 0.1) is 18.7 Å². The highest BCUT2D eigenvalue weighted by Crippen LogP contribution is 2.32. The number of benzene rings is 3. The van der Waals surface area contributed by atoms with Crippen molar-refractivity contribution in [3.8, 4) is 22.9 Å². The number of para-hydroxylation sites is 1. The predicted molar refractivity (Wildman–Crippen MR) is 111 cm³/mol. The maximum Gasteiger partial charge on any atom is 0.254 e. The van der Waals surface area contributed by atoms with Crippen molar-refractivity contribution in [2.24, 2.45) is 0 Å². The van der Waals surface area contributed by atoms with Crippen molar-refractivity contribution in [2.75, 3.05) is 14.2 Å². The minimum absolute atomic E-state index is 0.147. The maximum absolute atomic E-state index is 14.9. The lowest BCUT2D eigenvalue weighted by Crippen LogP contribution is -2.30. The van der Waals surface area contributed by atoms with Crippen LogP contribution in [0.15, 0.2) is 66.7 Å². The molecule has 0 spiro atoms. The van der Waals surface area contributed by atoms with Gasteiger partial charge in [0.2, 0.25) is 0 Å². The summed E-state index contributed by atoms with van der Waals surface area (Å²) in [4.78, 5) is 12.6. The van der Waals surface area contributed by atoms with Crippen LogP contribution in [0.3, 0.4) is 0 Å². The van der Waals surface area contributed by atoms with Crippen LogP contribution in [0.4, 0.5) is 4.39 Å². The zero-order valence-electron chi connectivity index (χ0n) is 16.7. The van der Waals surface area contributed by atoms with E-state index in [4.69, 9.17) is 14.7 Å². The molecule has 1 N–H and O–H groups in total. The van der Waals surface area contributed by atoms with E-state index >= 15 is 0 Å². The fourth-order valence-electron chi connectivity index (χ4n) is 3.14. The SMILES string of the molecule is COc1ccccc1-c1ccc([C@H](OC)C(=O)NCc2ccc(C#N)cc2)c(F)c1. The number of rotatable bonds is 7. The minimum Gasteiger partial charge on any atom is -0.496 e. The Kier molecular flexibility index (Phi) is 6.79. The van der Waals surface area contributed by atoms with Gasteiger partial charge in [-0.3, -0.25) is 4.79 Å². The number of methoxy groups -OCH3 is 2. The average molecular weight is 404 g/mol. The fourth-order valence-corrected chi connectivity index (χ4v) is 3.14. The third-order valence-electron chi connectivity index (χ3n) is 4.72. The second kappa shape index (κ2) is 9.68. The Balaban J connectivity index is 1.77. The van der Waals surface area contributed by atoms with E-state index in [1.807, 2.05) is 24.3 Å². The second-order valence-electron chi connectivity index (χ2n) is 6.58. The van der Waals surface area contributed by atoms with Crippen LogP contribution in [0.2, 0.25) is 0 Å². The predicted octanol–water partition coefficient (Wildman–Crippen LogP) is 4.38. The van der Waals surface area contributed by atoms with Crippen molar-refractivity contribution in [2.45, 2.75) is 12.6 Å². The van der Waals surface area contributed by atoms with E-state index in [1.165, 1.54) is 13.2 Å². The summed E-state index contributed by atoms with van der Waals surface area (Å²) in [5.74, 6) is -0.363. The summed E-state index contributed by atoms with van der Waals surface area (Å²) in [6.07, 6.45) is -1.09. The van der Waals surface area contributed by atoms with Gasteiger partial charge >= 0.3 is 0 Å². The van der Waals surface area contributed by atoms with Crippen LogP contribution in [-0.2, 0) is 16.1 Å². The van der Waals surface area contributed by atoms with Gasteiger partial charge in [0, 0.05) is 24.8 Å². The lowest BCUT2D eigenvalue weighted by Gasteiger charge is -2.17. The molecule has 3 aromatic carbocycles. The molecular formula is C24H21FN2O3. The molecule has 0 aliphatic heterocycles. The molecule has 0 aliphatic carbocycles. The van der Waals surface area contributed by atoms with Gasteiger partial charge in [-0.05, 0) is 35.4 Å². The van der Waals surface area contributed by atoms with Crippen molar-refractivity contribution >= 4 is 5.91 Å². The van der Waals surface area contributed by atoms with E-state index in [9.17, 15) is 9.18 Å². The fraction of sp³-hybridized carbons (Fsp3) is 0.167. The summed E-state index contributed by atoms with van der Waals surface area (Å²) in [6.45, 7) is 0.241. The smallest absolute Gasteiger partial charge is 0.254 e. The van der Waals surface area contributed by atoms with Gasteiger partial charge in [-0.15, -0.1) is 0 Å². The highest BCUT2D eigenvalue weighted by molar-refractivity contribution is 5.82. The molecule has 3 aromatic rings. The lowest BCUT2D eigenvalue weighted by molar-refractivity contribution is -0.131. The molecule has 3 rings (SSSR count). The first kappa shape index (κ1) is 21.0. The van der Waals surface area contributed by atoms with E-state index in [1.54, 1.807) is 49.6 Å². The minimum atomic E-state index is -1.09. The third kappa shape index (κ3) is 4.65. The molecule has 30 heavy (non-hydrogen) atoms. The molecule has 5 nitrogen and oxygen atoms in total. The number of nitriles is 1. The van der Waals surface area contributed by atoms with Crippen LogP contribution in [0.5, 0.6) is 5.75 Å². The quantitative estimate of drug-likeness (QED) is 0.635. The van der Waals surface area contributed by atoms with Crippen molar-refractivity contribution in [1.82, 2.24) is 5.32 Å². The molecule has 6 heteroatoms. The van der Waals surface area contributed by atoms with Gasteiger partial charge in [-0.2, -0.15) is 5.26 Å². The molecule has 0 fully saturated rings. The van der Waals surface area contributed by atoms with Crippen LogP contribution in [-0.4, -0.2) is 20.1 Å². The van der Waals surface area contributed by atoms with Crippen LogP contribution < -0.4 is 10.1 Å². The number of carbonyl (C=O) groups excluding carboxylic acids is 1. The largest absolute Gasteiger partial charge is 0.496 e. The van der Waals surface area contributed by atoms with E-state index in [2.05, 4.69) is 5.32 Å². The molecule has 152 valence electrons. The second-order valence-corrected chi connectivity index (χ2v) is 6.58. The topological polar surface area (TPSA) is 71.3 Å². The number of halogens is 1. The van der Waals surface area contributed by atoms with Crippen LogP contribution in [0.1, 0.15) is 22.8 Å². The molecule has 0 saturated heterocycles. The molecule has 0 heterocycles. The summed E-state index contributed by atoms with van der Waals surface area (Å²) in [5, 5.41) is 11.6. The number of amides is 1. The molecular weight excluding hydrogens is 383 g/mol. The van der Waals surface area contributed by atoms with Gasteiger partial charge in [0.15, 0.2) is 6.10 Å². The highest BCUT2D eigenvalue weighted by Gasteiger charge is 2.24. The number of hydrogen-bond donors (Lipinski definition) is 1. The van der Waals surface area contributed by atoms with E-state index in [-0.39, 0.29) is 12.1 Å². The van der Waals surface area contributed by atoms with Crippen molar-refractivity contribution in [1.29, 1.82) is 5.26 Å². The van der Waals surface area contributed by atoms with Gasteiger partial charge in [-0.1, -0.05) is 42.5 Å². The maximum atomic E-state index is 14.9. The van der Waals surface area contributed by atoms with Gasteiger partial charge in [0.1, 0.15) is 11.6 Å². The monoisotopic (exact) mass is 404 g/mol. The molecule has 1 atom stereocenters. The molecule has 0 aliphatic rings. The Morgan fingerprint density at radius 2 is 1.83 bits per heavy atom. The Hall–Kier alpha value is -3.69. The Bertz CT molecular complexity index is 1070. The molecule has 0 unspecified atom stereocenters. The summed E-state index contributed by atoms with van der Waals surface area (Å²) < 4.78 is 25.5. The van der Waals surface area contributed by atoms with Crippen molar-refractivity contribution in [3.05, 3.63) is 89.2 Å². The molecule has 0 radical (unpaired) electrons. The van der Waals surface area contributed by atoms with E-state index in [0.717, 1.165) is 11.1 Å². The van der Waals surface area contributed by atoms with Crippen molar-refractivity contribution in [3.63, 3.8) is 0 Å². The first-order valence-corrected chi connectivity index (χ1v) is 9.29. The number of carbonyl (C=O) groups is 1. The molecule has 1 amide bonds. The first-order valence-electron chi connectivity index (χ1n) is 9.29. The van der Waals surface area contributed by atoms with Gasteiger partial charge in [0.25, 0.3) is 5.91 Å². The Morgan fingerprint density at radius 1 is 1.10 bits per heavy atom. The average Bonchev–Trinajstić information content (AvgIpc) is 2.79. The first-order chi connectivity index (χ1) is 14.6. The molecule has 0 bridgehead atoms. The third-order valence-corrected chi connectivity index (χ3v) is 4.72.